The molecule has 4 heteroatoms. The molecule has 90 valence electrons. The van der Waals surface area contributed by atoms with E-state index in [4.69, 9.17) is 0 Å². The van der Waals surface area contributed by atoms with Crippen LogP contribution < -0.4 is 5.32 Å². The molecule has 1 amide bonds. The number of benzene rings is 1. The molecule has 2 N–H and O–H groups in total. The highest BCUT2D eigenvalue weighted by Crippen LogP contribution is 2.23. The van der Waals surface area contributed by atoms with Crippen LogP contribution in [-0.2, 0) is 0 Å². The number of hydrogen-bond donors (Lipinski definition) is 2. The molecule has 4 nitrogen and oxygen atoms in total. The number of carbonyl (C=O) groups excluding carboxylic acids is 1. The third-order valence-corrected chi connectivity index (χ3v) is 2.98. The fourth-order valence-electron chi connectivity index (χ4n) is 1.86. The van der Waals surface area contributed by atoms with Gasteiger partial charge in [0, 0.05) is 6.04 Å². The number of nitrogens with one attached hydrogen (secondary N) is 1. The molecular weight excluding hydrogens is 218 g/mol. The molecule has 1 aliphatic rings. The monoisotopic (exact) mass is 233 g/mol. The molecule has 0 unspecified atom stereocenters. The molecule has 1 fully saturated rings. The Morgan fingerprint density at radius 2 is 1.71 bits per heavy atom. The summed E-state index contributed by atoms with van der Waals surface area (Å²) < 4.78 is 0. The molecule has 2 rings (SSSR count). The number of aromatic carboxylic acids is 1. The van der Waals surface area contributed by atoms with E-state index in [0.29, 0.717) is 16.7 Å². The summed E-state index contributed by atoms with van der Waals surface area (Å²) in [5, 5.41) is 12.0. The lowest BCUT2D eigenvalue weighted by atomic mass is 9.96. The van der Waals surface area contributed by atoms with Gasteiger partial charge in [0.25, 0.3) is 5.91 Å². The number of hydrogen-bond acceptors (Lipinski definition) is 2. The summed E-state index contributed by atoms with van der Waals surface area (Å²) in [7, 11) is 0. The van der Waals surface area contributed by atoms with Crippen LogP contribution in [0.4, 0.5) is 0 Å². The first kappa shape index (κ1) is 11.6. The van der Waals surface area contributed by atoms with Gasteiger partial charge in [0.15, 0.2) is 0 Å². The molecular formula is C13H15NO3. The van der Waals surface area contributed by atoms with Crippen LogP contribution in [0.2, 0.25) is 0 Å². The Bertz CT molecular complexity index is 490. The van der Waals surface area contributed by atoms with E-state index >= 15 is 0 Å². The average molecular weight is 233 g/mol. The summed E-state index contributed by atoms with van der Waals surface area (Å²) in [6.45, 7) is 3.46. The van der Waals surface area contributed by atoms with E-state index < -0.39 is 5.97 Å². The molecule has 1 aromatic rings. The van der Waals surface area contributed by atoms with Gasteiger partial charge in [-0.15, -0.1) is 0 Å². The topological polar surface area (TPSA) is 66.4 Å². The minimum absolute atomic E-state index is 0.114. The molecule has 1 aromatic carbocycles. The maximum absolute atomic E-state index is 12.0. The van der Waals surface area contributed by atoms with Gasteiger partial charge >= 0.3 is 5.97 Å². The van der Waals surface area contributed by atoms with Crippen molar-refractivity contribution >= 4 is 11.9 Å². The molecule has 0 bridgehead atoms. The van der Waals surface area contributed by atoms with Gasteiger partial charge in [0.2, 0.25) is 0 Å². The van der Waals surface area contributed by atoms with Crippen molar-refractivity contribution in [3.8, 4) is 0 Å². The summed E-state index contributed by atoms with van der Waals surface area (Å²) in [6, 6.07) is 3.74. The highest BCUT2D eigenvalue weighted by atomic mass is 16.4. The van der Waals surface area contributed by atoms with Crippen LogP contribution in [0.3, 0.4) is 0 Å². The van der Waals surface area contributed by atoms with Crippen LogP contribution in [0.5, 0.6) is 0 Å². The van der Waals surface area contributed by atoms with E-state index in [1.165, 1.54) is 0 Å². The third-order valence-electron chi connectivity index (χ3n) is 2.98. The Kier molecular flexibility index (Phi) is 2.88. The van der Waals surface area contributed by atoms with Gasteiger partial charge in [-0.25, -0.2) is 4.79 Å². The second-order valence-corrected chi connectivity index (χ2v) is 4.50. The number of aryl methyl sites for hydroxylation is 2. The molecule has 0 atom stereocenters. The lowest BCUT2D eigenvalue weighted by Crippen LogP contribution is -2.28. The second kappa shape index (κ2) is 4.20. The Labute approximate surface area is 99.6 Å². The van der Waals surface area contributed by atoms with Gasteiger partial charge in [0.05, 0.1) is 11.1 Å². The number of carboxylic acids is 1. The van der Waals surface area contributed by atoms with Gasteiger partial charge in [-0.2, -0.15) is 0 Å². The number of carboxylic acid groups (broad SMARTS) is 1. The smallest absolute Gasteiger partial charge is 0.336 e. The molecule has 0 radical (unpaired) electrons. The SMILES string of the molecule is Cc1ccc(C)c(C(=O)NC2CC2)c1C(=O)O. The maximum atomic E-state index is 12.0. The van der Waals surface area contributed by atoms with Crippen LogP contribution in [0, 0.1) is 13.8 Å². The first-order valence-electron chi connectivity index (χ1n) is 5.65. The zero-order valence-electron chi connectivity index (χ0n) is 9.91. The fraction of sp³-hybridized carbons (Fsp3) is 0.385. The van der Waals surface area contributed by atoms with Crippen molar-refractivity contribution in [1.82, 2.24) is 5.32 Å². The van der Waals surface area contributed by atoms with E-state index in [1.807, 2.05) is 0 Å². The Hall–Kier alpha value is -1.84. The van der Waals surface area contributed by atoms with E-state index in [0.717, 1.165) is 12.8 Å². The maximum Gasteiger partial charge on any atom is 0.336 e. The van der Waals surface area contributed by atoms with Gasteiger partial charge in [-0.3, -0.25) is 4.79 Å². The zero-order valence-corrected chi connectivity index (χ0v) is 9.91. The van der Waals surface area contributed by atoms with Crippen LogP contribution in [-0.4, -0.2) is 23.0 Å². The highest BCUT2D eigenvalue weighted by Gasteiger charge is 2.27. The normalized spacial score (nSPS) is 14.5. The summed E-state index contributed by atoms with van der Waals surface area (Å²) in [5.41, 5.74) is 1.72. The van der Waals surface area contributed by atoms with Gasteiger partial charge in [-0.05, 0) is 37.8 Å². The van der Waals surface area contributed by atoms with Crippen molar-refractivity contribution in [3.05, 3.63) is 34.4 Å². The molecule has 0 aliphatic heterocycles. The quantitative estimate of drug-likeness (QED) is 0.837. The minimum Gasteiger partial charge on any atom is -0.478 e. The fourth-order valence-corrected chi connectivity index (χ4v) is 1.86. The molecule has 0 saturated heterocycles. The van der Waals surface area contributed by atoms with E-state index in [9.17, 15) is 14.7 Å². The van der Waals surface area contributed by atoms with E-state index in [2.05, 4.69) is 5.32 Å². The minimum atomic E-state index is -1.05. The van der Waals surface area contributed by atoms with Crippen LogP contribution >= 0.6 is 0 Å². The predicted octanol–water partition coefficient (Wildman–Crippen LogP) is 1.89. The summed E-state index contributed by atoms with van der Waals surface area (Å²) in [4.78, 5) is 23.2. The van der Waals surface area contributed by atoms with Gasteiger partial charge in [0.1, 0.15) is 0 Å². The molecule has 0 heterocycles. The molecule has 0 spiro atoms. The Morgan fingerprint density at radius 1 is 1.18 bits per heavy atom. The van der Waals surface area contributed by atoms with Crippen LogP contribution in [0.1, 0.15) is 44.7 Å². The van der Waals surface area contributed by atoms with Crippen molar-refractivity contribution in [3.63, 3.8) is 0 Å². The summed E-state index contributed by atoms with van der Waals surface area (Å²) >= 11 is 0. The summed E-state index contributed by atoms with van der Waals surface area (Å²) in [5.74, 6) is -1.32. The third kappa shape index (κ3) is 2.30. The number of carbonyl (C=O) groups is 2. The molecule has 17 heavy (non-hydrogen) atoms. The molecule has 0 aromatic heterocycles. The average Bonchev–Trinajstić information content (AvgIpc) is 3.04. The second-order valence-electron chi connectivity index (χ2n) is 4.50. The summed E-state index contributed by atoms with van der Waals surface area (Å²) in [6.07, 6.45) is 1.97. The lowest BCUT2D eigenvalue weighted by Gasteiger charge is -2.12. The zero-order chi connectivity index (χ0) is 12.6. The van der Waals surface area contributed by atoms with Crippen molar-refractivity contribution in [2.45, 2.75) is 32.7 Å². The van der Waals surface area contributed by atoms with Crippen molar-refractivity contribution in [2.24, 2.45) is 0 Å². The van der Waals surface area contributed by atoms with Gasteiger partial charge < -0.3 is 10.4 Å². The standard InChI is InChI=1S/C13H15NO3/c1-7-3-4-8(2)11(13(16)17)10(7)12(15)14-9-5-6-9/h3-4,9H,5-6H2,1-2H3,(H,14,15)(H,16,17). The number of amides is 1. The highest BCUT2D eigenvalue weighted by molar-refractivity contribution is 6.06. The van der Waals surface area contributed by atoms with Crippen molar-refractivity contribution in [1.29, 1.82) is 0 Å². The lowest BCUT2D eigenvalue weighted by molar-refractivity contribution is 0.0690. The van der Waals surface area contributed by atoms with Crippen molar-refractivity contribution in [2.75, 3.05) is 0 Å². The largest absolute Gasteiger partial charge is 0.478 e. The van der Waals surface area contributed by atoms with Crippen molar-refractivity contribution < 1.29 is 14.7 Å². The Morgan fingerprint density at radius 3 is 2.18 bits per heavy atom. The first-order chi connectivity index (χ1) is 8.00. The van der Waals surface area contributed by atoms with E-state index in [-0.39, 0.29) is 17.5 Å². The van der Waals surface area contributed by atoms with Gasteiger partial charge in [-0.1, -0.05) is 12.1 Å². The van der Waals surface area contributed by atoms with Crippen LogP contribution in [0.25, 0.3) is 0 Å². The number of rotatable bonds is 3. The Balaban J connectivity index is 2.45. The molecule has 1 aliphatic carbocycles. The molecule has 1 saturated carbocycles. The van der Waals surface area contributed by atoms with Crippen LogP contribution in [0.15, 0.2) is 12.1 Å². The predicted molar refractivity (Wildman–Crippen MR) is 63.4 cm³/mol. The first-order valence-corrected chi connectivity index (χ1v) is 5.65. The van der Waals surface area contributed by atoms with E-state index in [1.54, 1.807) is 26.0 Å².